The van der Waals surface area contributed by atoms with Gasteiger partial charge >= 0.3 is 0 Å². The molecule has 0 aliphatic rings. The largest absolute Gasteiger partial charge is 0.507 e. The summed E-state index contributed by atoms with van der Waals surface area (Å²) in [7, 11) is -3.10. The number of carbonyl (C=O) groups is 1. The van der Waals surface area contributed by atoms with Crippen molar-refractivity contribution in [3.05, 3.63) is 41.5 Å². The molecule has 34 heavy (non-hydrogen) atoms. The lowest BCUT2D eigenvalue weighted by molar-refractivity contribution is 0.0851. The number of aryl methyl sites for hydroxylation is 1. The second-order valence-electron chi connectivity index (χ2n) is 7.61. The van der Waals surface area contributed by atoms with Gasteiger partial charge in [-0.05, 0) is 30.5 Å². The van der Waals surface area contributed by atoms with Crippen LogP contribution in [0.4, 0.5) is 0 Å². The van der Waals surface area contributed by atoms with E-state index in [-0.39, 0.29) is 48.7 Å². The number of hydrogen-bond acceptors (Lipinski definition) is 10. The first-order valence-electron chi connectivity index (χ1n) is 10.3. The number of phenols is 3. The molecule has 0 saturated carbocycles. The average Bonchev–Trinajstić information content (AvgIpc) is 2.75. The minimum absolute atomic E-state index is 0.0524. The summed E-state index contributed by atoms with van der Waals surface area (Å²) in [4.78, 5) is 12.5. The molecule has 0 bridgehead atoms. The highest BCUT2D eigenvalue weighted by atomic mass is 32.2. The van der Waals surface area contributed by atoms with E-state index in [1.165, 1.54) is 13.2 Å². The topological polar surface area (TPSA) is 191 Å². The second-order valence-corrected chi connectivity index (χ2v) is 9.31. The van der Waals surface area contributed by atoms with Crippen molar-refractivity contribution >= 4 is 15.9 Å². The molecule has 0 fully saturated rings. The summed E-state index contributed by atoms with van der Waals surface area (Å²) in [5.74, 6) is -1.49. The lowest BCUT2D eigenvalue weighted by Crippen LogP contribution is -2.29. The number of ketones is 1. The van der Waals surface area contributed by atoms with E-state index in [9.17, 15) is 38.2 Å². The molecule has 0 radical (unpaired) electrons. The summed E-state index contributed by atoms with van der Waals surface area (Å²) in [6, 6.07) is 6.83. The molecule has 2 aromatic rings. The molecule has 0 amide bonds. The summed E-state index contributed by atoms with van der Waals surface area (Å²) < 4.78 is 42.4. The molecule has 188 valence electrons. The Bertz CT molecular complexity index is 1080. The van der Waals surface area contributed by atoms with Gasteiger partial charge in [0.1, 0.15) is 22.8 Å². The smallest absolute Gasteiger partial charge is 0.267 e. The van der Waals surface area contributed by atoms with E-state index >= 15 is 0 Å². The van der Waals surface area contributed by atoms with Crippen LogP contribution >= 0.6 is 0 Å². The van der Waals surface area contributed by atoms with E-state index in [0.29, 0.717) is 5.56 Å². The van der Waals surface area contributed by atoms with E-state index in [1.807, 2.05) is 0 Å². The van der Waals surface area contributed by atoms with Gasteiger partial charge in [-0.15, -0.1) is 0 Å². The Morgan fingerprint density at radius 1 is 1.06 bits per heavy atom. The standard InChI is InChI=1S/C22H28O11S/c1-32-21-5-3-13(8-18(21)26)2-4-17(25)22-19(27)10-15(11-20(22)28)33-7-6-16(34(29,30)31)9-14(24)12-23/h3,5,8,10-11,14,16,23-24,26-28H,2,4,6-7,9,12H2,1H3,(H,29,30,31). The third-order valence-corrected chi connectivity index (χ3v) is 6.38. The lowest BCUT2D eigenvalue weighted by Gasteiger charge is -2.17. The van der Waals surface area contributed by atoms with Crippen LogP contribution in [0.2, 0.25) is 0 Å². The first kappa shape index (κ1) is 27.2. The molecule has 6 N–H and O–H groups in total. The highest BCUT2D eigenvalue weighted by Gasteiger charge is 2.26. The molecule has 12 heteroatoms. The minimum Gasteiger partial charge on any atom is -0.507 e. The summed E-state index contributed by atoms with van der Waals surface area (Å²) in [5.41, 5.74) is 0.331. The third kappa shape index (κ3) is 7.48. The Labute approximate surface area is 196 Å². The summed E-state index contributed by atoms with van der Waals surface area (Å²) in [6.45, 7) is -0.945. The van der Waals surface area contributed by atoms with Crippen molar-refractivity contribution in [1.82, 2.24) is 0 Å². The number of phenolic OH excluding ortho intramolecular Hbond substituents is 3. The van der Waals surface area contributed by atoms with Crippen LogP contribution in [0.15, 0.2) is 30.3 Å². The molecular weight excluding hydrogens is 472 g/mol. The number of ether oxygens (including phenoxy) is 2. The molecule has 0 saturated heterocycles. The number of aromatic hydroxyl groups is 3. The number of aliphatic hydroxyl groups excluding tert-OH is 2. The van der Waals surface area contributed by atoms with Crippen molar-refractivity contribution in [1.29, 1.82) is 0 Å². The fourth-order valence-electron chi connectivity index (χ4n) is 3.30. The number of hydrogen-bond donors (Lipinski definition) is 6. The van der Waals surface area contributed by atoms with Gasteiger partial charge in [-0.25, -0.2) is 0 Å². The maximum absolute atomic E-state index is 12.5. The molecule has 0 spiro atoms. The van der Waals surface area contributed by atoms with E-state index < -0.39 is 51.8 Å². The molecule has 0 heterocycles. The van der Waals surface area contributed by atoms with Crippen molar-refractivity contribution in [2.45, 2.75) is 37.0 Å². The quantitative estimate of drug-likeness (QED) is 0.172. The van der Waals surface area contributed by atoms with Gasteiger partial charge in [0.25, 0.3) is 10.1 Å². The number of carbonyl (C=O) groups excluding carboxylic acids is 1. The number of Topliss-reactive ketones (excluding diaryl/α,β-unsaturated/α-hetero) is 1. The summed E-state index contributed by atoms with van der Waals surface area (Å²) in [6.07, 6.45) is -1.84. The average molecular weight is 501 g/mol. The molecule has 2 rings (SSSR count). The van der Waals surface area contributed by atoms with Gasteiger partial charge in [0.15, 0.2) is 17.3 Å². The highest BCUT2D eigenvalue weighted by molar-refractivity contribution is 7.86. The van der Waals surface area contributed by atoms with Crippen LogP contribution in [0.3, 0.4) is 0 Å². The Kier molecular flexibility index (Phi) is 9.50. The fraction of sp³-hybridized carbons (Fsp3) is 0.409. The third-order valence-electron chi connectivity index (χ3n) is 5.11. The minimum atomic E-state index is -4.51. The van der Waals surface area contributed by atoms with E-state index in [1.54, 1.807) is 12.1 Å². The number of methoxy groups -OCH3 is 1. The number of rotatable bonds is 13. The molecule has 2 atom stereocenters. The first-order chi connectivity index (χ1) is 16.0. The van der Waals surface area contributed by atoms with Gasteiger partial charge in [-0.2, -0.15) is 8.42 Å². The molecule has 2 unspecified atom stereocenters. The van der Waals surface area contributed by atoms with E-state index in [4.69, 9.17) is 14.6 Å². The van der Waals surface area contributed by atoms with Crippen molar-refractivity contribution in [3.8, 4) is 28.7 Å². The van der Waals surface area contributed by atoms with Crippen LogP contribution in [-0.2, 0) is 16.5 Å². The summed E-state index contributed by atoms with van der Waals surface area (Å²) in [5, 5.41) is 47.2. The predicted molar refractivity (Wildman–Crippen MR) is 120 cm³/mol. The zero-order valence-corrected chi connectivity index (χ0v) is 19.2. The van der Waals surface area contributed by atoms with Crippen LogP contribution < -0.4 is 9.47 Å². The van der Waals surface area contributed by atoms with Crippen LogP contribution in [0.5, 0.6) is 28.7 Å². The van der Waals surface area contributed by atoms with Gasteiger partial charge in [0.05, 0.1) is 31.7 Å². The zero-order chi connectivity index (χ0) is 25.5. The SMILES string of the molecule is COc1ccc(CCC(=O)c2c(O)cc(OCCC(CC(O)CO)S(=O)(=O)O)cc2O)cc1O. The maximum Gasteiger partial charge on any atom is 0.267 e. The monoisotopic (exact) mass is 500 g/mol. The van der Waals surface area contributed by atoms with Crippen molar-refractivity contribution in [2.75, 3.05) is 20.3 Å². The van der Waals surface area contributed by atoms with Crippen molar-refractivity contribution in [3.63, 3.8) is 0 Å². The molecule has 0 aliphatic heterocycles. The zero-order valence-electron chi connectivity index (χ0n) is 18.4. The van der Waals surface area contributed by atoms with E-state index in [2.05, 4.69) is 0 Å². The molecule has 0 aliphatic carbocycles. The Morgan fingerprint density at radius 3 is 2.24 bits per heavy atom. The van der Waals surface area contributed by atoms with Gasteiger partial charge in [-0.1, -0.05) is 6.07 Å². The molecular formula is C22H28O11S. The first-order valence-corrected chi connectivity index (χ1v) is 11.8. The van der Waals surface area contributed by atoms with Gasteiger partial charge in [0.2, 0.25) is 0 Å². The lowest BCUT2D eigenvalue weighted by atomic mass is 10.0. The van der Waals surface area contributed by atoms with Crippen molar-refractivity contribution < 1.29 is 52.8 Å². The Balaban J connectivity index is 2.02. The Morgan fingerprint density at radius 2 is 1.71 bits per heavy atom. The Hall–Kier alpha value is -3.06. The van der Waals surface area contributed by atoms with Crippen LogP contribution in [-0.4, -0.2) is 76.0 Å². The molecule has 2 aromatic carbocycles. The van der Waals surface area contributed by atoms with Crippen molar-refractivity contribution in [2.24, 2.45) is 0 Å². The van der Waals surface area contributed by atoms with Gasteiger partial charge < -0.3 is 35.0 Å². The van der Waals surface area contributed by atoms with E-state index in [0.717, 1.165) is 12.1 Å². The molecule has 11 nitrogen and oxygen atoms in total. The predicted octanol–water partition coefficient (Wildman–Crippen LogP) is 1.40. The summed E-state index contributed by atoms with van der Waals surface area (Å²) >= 11 is 0. The van der Waals surface area contributed by atoms with Gasteiger partial charge in [0, 0.05) is 25.0 Å². The van der Waals surface area contributed by atoms with Gasteiger partial charge in [-0.3, -0.25) is 9.35 Å². The van der Waals surface area contributed by atoms with Crippen LogP contribution in [0.25, 0.3) is 0 Å². The maximum atomic E-state index is 12.5. The highest BCUT2D eigenvalue weighted by Crippen LogP contribution is 2.34. The second kappa shape index (κ2) is 11.9. The van der Waals surface area contributed by atoms with Crippen LogP contribution in [0.1, 0.15) is 35.2 Å². The van der Waals surface area contributed by atoms with Crippen LogP contribution in [0, 0.1) is 0 Å². The normalized spacial score (nSPS) is 13.3. The molecule has 0 aromatic heterocycles. The number of benzene rings is 2. The fourth-order valence-corrected chi connectivity index (χ4v) is 4.16. The number of aliphatic hydroxyl groups is 2.